The van der Waals surface area contributed by atoms with Gasteiger partial charge in [-0.1, -0.05) is 19.0 Å². The van der Waals surface area contributed by atoms with Gasteiger partial charge >= 0.3 is 0 Å². The van der Waals surface area contributed by atoms with Crippen molar-refractivity contribution in [1.82, 2.24) is 29.1 Å². The minimum atomic E-state index is -3.43. The third kappa shape index (κ3) is 4.50. The Hall–Kier alpha value is -2.27. The molecule has 2 aromatic rings. The van der Waals surface area contributed by atoms with Crippen LogP contribution in [0.25, 0.3) is 0 Å². The van der Waals surface area contributed by atoms with Crippen molar-refractivity contribution in [2.75, 3.05) is 25.9 Å². The topological polar surface area (TPSA) is 114 Å². The SMILES string of the molecule is CCn1ncc(C(=O)N2CC(N(CCc3noc(C(C)C)n3)S(C)(=O)=O)C2)c1C. The van der Waals surface area contributed by atoms with Gasteiger partial charge in [-0.25, -0.2) is 8.42 Å². The quantitative estimate of drug-likeness (QED) is 0.622. The number of aryl methyl sites for hydroxylation is 1. The van der Waals surface area contributed by atoms with Gasteiger partial charge in [0.1, 0.15) is 0 Å². The molecule has 1 aliphatic heterocycles. The molecule has 0 unspecified atom stereocenters. The van der Waals surface area contributed by atoms with Gasteiger partial charge in [-0.2, -0.15) is 14.4 Å². The molecular weight excluding hydrogens is 396 g/mol. The summed E-state index contributed by atoms with van der Waals surface area (Å²) in [6.07, 6.45) is 3.12. The Balaban J connectivity index is 1.62. The molecule has 1 amide bonds. The Morgan fingerprint density at radius 3 is 2.59 bits per heavy atom. The molecule has 0 spiro atoms. The molecule has 2 aromatic heterocycles. The molecule has 0 bridgehead atoms. The number of carbonyl (C=O) groups excluding carboxylic acids is 1. The van der Waals surface area contributed by atoms with Crippen molar-refractivity contribution < 1.29 is 17.7 Å². The fourth-order valence-electron chi connectivity index (χ4n) is 3.38. The van der Waals surface area contributed by atoms with Gasteiger partial charge in [0.2, 0.25) is 15.9 Å². The van der Waals surface area contributed by atoms with Crippen LogP contribution in [0.2, 0.25) is 0 Å². The number of hydrogen-bond donors (Lipinski definition) is 0. The minimum absolute atomic E-state index is 0.119. The molecule has 1 saturated heterocycles. The van der Waals surface area contributed by atoms with Crippen molar-refractivity contribution in [3.05, 3.63) is 29.2 Å². The molecule has 0 radical (unpaired) electrons. The zero-order valence-corrected chi connectivity index (χ0v) is 18.3. The number of carbonyl (C=O) groups is 1. The fraction of sp³-hybridized carbons (Fsp3) is 0.667. The van der Waals surface area contributed by atoms with E-state index in [1.807, 2.05) is 27.7 Å². The maximum Gasteiger partial charge on any atom is 0.257 e. The second kappa shape index (κ2) is 8.23. The molecule has 10 nitrogen and oxygen atoms in total. The Kier molecular flexibility index (Phi) is 6.08. The first kappa shape index (κ1) is 21.4. The van der Waals surface area contributed by atoms with Gasteiger partial charge in [-0.3, -0.25) is 9.48 Å². The molecule has 0 N–H and O–H groups in total. The summed E-state index contributed by atoms with van der Waals surface area (Å²) in [7, 11) is -3.43. The third-order valence-electron chi connectivity index (χ3n) is 5.15. The van der Waals surface area contributed by atoms with E-state index in [1.165, 1.54) is 10.6 Å². The van der Waals surface area contributed by atoms with Crippen molar-refractivity contribution >= 4 is 15.9 Å². The highest BCUT2D eigenvalue weighted by Gasteiger charge is 2.39. The Bertz CT molecular complexity index is 974. The molecule has 0 aliphatic carbocycles. The zero-order chi connectivity index (χ0) is 21.3. The Morgan fingerprint density at radius 2 is 2.07 bits per heavy atom. The molecule has 1 aliphatic rings. The number of rotatable bonds is 8. The molecule has 3 heterocycles. The molecule has 0 saturated carbocycles. The van der Waals surface area contributed by atoms with Crippen LogP contribution in [-0.4, -0.2) is 75.4 Å². The first-order valence-corrected chi connectivity index (χ1v) is 11.6. The van der Waals surface area contributed by atoms with Crippen molar-refractivity contribution in [2.45, 2.75) is 52.6 Å². The van der Waals surface area contributed by atoms with E-state index in [0.29, 0.717) is 43.3 Å². The molecule has 0 aromatic carbocycles. The summed E-state index contributed by atoms with van der Waals surface area (Å²) in [5.74, 6) is 1.02. The fourth-order valence-corrected chi connectivity index (χ4v) is 4.48. The number of likely N-dealkylation sites (tertiary alicyclic amines) is 1. The number of hydrogen-bond acceptors (Lipinski definition) is 7. The molecule has 11 heteroatoms. The Morgan fingerprint density at radius 1 is 1.38 bits per heavy atom. The number of nitrogens with zero attached hydrogens (tertiary/aromatic N) is 6. The lowest BCUT2D eigenvalue weighted by molar-refractivity contribution is 0.0453. The smallest absolute Gasteiger partial charge is 0.257 e. The summed E-state index contributed by atoms with van der Waals surface area (Å²) < 4.78 is 32.9. The van der Waals surface area contributed by atoms with E-state index in [2.05, 4.69) is 15.2 Å². The zero-order valence-electron chi connectivity index (χ0n) is 17.5. The lowest BCUT2D eigenvalue weighted by Crippen LogP contribution is -2.62. The predicted octanol–water partition coefficient (Wildman–Crippen LogP) is 1.05. The monoisotopic (exact) mass is 424 g/mol. The van der Waals surface area contributed by atoms with Crippen LogP contribution in [0.5, 0.6) is 0 Å². The summed E-state index contributed by atoms with van der Waals surface area (Å²) in [5.41, 5.74) is 1.38. The molecule has 1 fully saturated rings. The molecular formula is C18H28N6O4S. The van der Waals surface area contributed by atoms with Crippen molar-refractivity contribution in [2.24, 2.45) is 0 Å². The van der Waals surface area contributed by atoms with Crippen LogP contribution in [0.1, 0.15) is 54.5 Å². The minimum Gasteiger partial charge on any atom is -0.339 e. The lowest BCUT2D eigenvalue weighted by atomic mass is 10.1. The summed E-state index contributed by atoms with van der Waals surface area (Å²) in [4.78, 5) is 18.7. The number of aromatic nitrogens is 4. The maximum atomic E-state index is 12.7. The van der Waals surface area contributed by atoms with Crippen molar-refractivity contribution in [3.8, 4) is 0 Å². The largest absolute Gasteiger partial charge is 0.339 e. The predicted molar refractivity (Wildman–Crippen MR) is 106 cm³/mol. The van der Waals surface area contributed by atoms with E-state index in [0.717, 1.165) is 5.69 Å². The summed E-state index contributed by atoms with van der Waals surface area (Å²) in [6, 6.07) is -0.257. The Labute approximate surface area is 170 Å². The first-order chi connectivity index (χ1) is 13.6. The number of amides is 1. The average molecular weight is 425 g/mol. The molecule has 0 atom stereocenters. The van der Waals surface area contributed by atoms with E-state index < -0.39 is 10.0 Å². The third-order valence-corrected chi connectivity index (χ3v) is 6.48. The van der Waals surface area contributed by atoms with Gasteiger partial charge in [0.15, 0.2) is 5.82 Å². The highest BCUT2D eigenvalue weighted by Crippen LogP contribution is 2.22. The van der Waals surface area contributed by atoms with Crippen LogP contribution >= 0.6 is 0 Å². The molecule has 160 valence electrons. The van der Waals surface area contributed by atoms with Gasteiger partial charge in [-0.15, -0.1) is 0 Å². The van der Waals surface area contributed by atoms with E-state index in [1.54, 1.807) is 15.8 Å². The van der Waals surface area contributed by atoms with Crippen LogP contribution < -0.4 is 0 Å². The van der Waals surface area contributed by atoms with E-state index in [9.17, 15) is 13.2 Å². The second-order valence-corrected chi connectivity index (χ2v) is 9.59. The lowest BCUT2D eigenvalue weighted by Gasteiger charge is -2.44. The van der Waals surface area contributed by atoms with E-state index in [4.69, 9.17) is 4.52 Å². The maximum absolute atomic E-state index is 12.7. The van der Waals surface area contributed by atoms with Crippen LogP contribution in [0, 0.1) is 6.92 Å². The van der Waals surface area contributed by atoms with E-state index in [-0.39, 0.29) is 24.4 Å². The average Bonchev–Trinajstić information content (AvgIpc) is 3.21. The number of sulfonamides is 1. The van der Waals surface area contributed by atoms with Gasteiger partial charge in [0.05, 0.1) is 24.1 Å². The van der Waals surface area contributed by atoms with Crippen LogP contribution in [0.4, 0.5) is 0 Å². The van der Waals surface area contributed by atoms with Gasteiger partial charge < -0.3 is 9.42 Å². The van der Waals surface area contributed by atoms with Crippen LogP contribution in [-0.2, 0) is 23.0 Å². The summed E-state index contributed by atoms with van der Waals surface area (Å²) in [5, 5.41) is 8.12. The highest BCUT2D eigenvalue weighted by molar-refractivity contribution is 7.88. The second-order valence-electron chi connectivity index (χ2n) is 7.65. The highest BCUT2D eigenvalue weighted by atomic mass is 32.2. The van der Waals surface area contributed by atoms with Gasteiger partial charge in [0, 0.05) is 44.2 Å². The van der Waals surface area contributed by atoms with Gasteiger partial charge in [0.25, 0.3) is 5.91 Å². The van der Waals surface area contributed by atoms with Crippen molar-refractivity contribution in [3.63, 3.8) is 0 Å². The summed E-state index contributed by atoms with van der Waals surface area (Å²) >= 11 is 0. The van der Waals surface area contributed by atoms with Gasteiger partial charge in [-0.05, 0) is 13.8 Å². The molecule has 29 heavy (non-hydrogen) atoms. The molecule has 3 rings (SSSR count). The standard InChI is InChI=1S/C18H28N6O4S/c1-6-23-13(4)15(9-19-23)18(25)22-10-14(11-22)24(29(5,26)27)8-7-16-20-17(12(2)3)28-21-16/h9,12,14H,6-8,10-11H2,1-5H3. The van der Waals surface area contributed by atoms with Crippen LogP contribution in [0.3, 0.4) is 0 Å². The van der Waals surface area contributed by atoms with Crippen LogP contribution in [0.15, 0.2) is 10.7 Å². The normalized spacial score (nSPS) is 15.3. The van der Waals surface area contributed by atoms with E-state index >= 15 is 0 Å². The summed E-state index contributed by atoms with van der Waals surface area (Å²) in [6.45, 7) is 9.37. The van der Waals surface area contributed by atoms with Crippen molar-refractivity contribution in [1.29, 1.82) is 0 Å². The first-order valence-electron chi connectivity index (χ1n) is 9.72.